The van der Waals surface area contributed by atoms with Gasteiger partial charge in [0.15, 0.2) is 0 Å². The van der Waals surface area contributed by atoms with Crippen LogP contribution in [0, 0.1) is 0 Å². The van der Waals surface area contributed by atoms with Crippen LogP contribution in [0.15, 0.2) is 0 Å². The van der Waals surface area contributed by atoms with Crippen molar-refractivity contribution in [1.82, 2.24) is 10.6 Å². The highest BCUT2D eigenvalue weighted by Crippen LogP contribution is 2.27. The Hall–Kier alpha value is -0.220. The van der Waals surface area contributed by atoms with Crippen molar-refractivity contribution in [3.8, 4) is 0 Å². The summed E-state index contributed by atoms with van der Waals surface area (Å²) < 4.78 is 0. The van der Waals surface area contributed by atoms with E-state index < -0.39 is 0 Å². The normalized spacial score (nSPS) is 33.7. The first-order valence-corrected chi connectivity index (χ1v) is 8.65. The summed E-state index contributed by atoms with van der Waals surface area (Å²) in [7, 11) is 0. The molecule has 0 bridgehead atoms. The van der Waals surface area contributed by atoms with E-state index in [1.54, 1.807) is 0 Å². The minimum Gasteiger partial charge on any atom is -0.352 e. The predicted molar refractivity (Wildman–Crippen MR) is 78.0 cm³/mol. The summed E-state index contributed by atoms with van der Waals surface area (Å²) in [6.45, 7) is 0.996. The Morgan fingerprint density at radius 1 is 1.17 bits per heavy atom. The van der Waals surface area contributed by atoms with Gasteiger partial charge in [-0.2, -0.15) is 11.8 Å². The molecule has 0 aromatic carbocycles. The van der Waals surface area contributed by atoms with Crippen LogP contribution in [0.25, 0.3) is 0 Å². The molecule has 1 amide bonds. The van der Waals surface area contributed by atoms with E-state index in [1.165, 1.54) is 32.1 Å². The smallest absolute Gasteiger partial charge is 0.237 e. The first-order valence-electron chi connectivity index (χ1n) is 7.36. The standard InChI is InChI=1S/C14H26N2OS/c1-18-12-7-5-6-11(10-12)16-14(17)13-8-3-2-4-9-15-13/h11-13,15H,2-10H2,1H3,(H,16,17). The van der Waals surface area contributed by atoms with Crippen LogP contribution in [0.5, 0.6) is 0 Å². The van der Waals surface area contributed by atoms with Crippen LogP contribution >= 0.6 is 11.8 Å². The molecule has 3 atom stereocenters. The van der Waals surface area contributed by atoms with E-state index in [2.05, 4.69) is 16.9 Å². The van der Waals surface area contributed by atoms with Crippen molar-refractivity contribution in [3.63, 3.8) is 0 Å². The molecule has 0 aromatic rings. The molecule has 2 rings (SSSR count). The van der Waals surface area contributed by atoms with E-state index in [0.717, 1.165) is 31.1 Å². The van der Waals surface area contributed by atoms with Gasteiger partial charge in [0, 0.05) is 11.3 Å². The first kappa shape index (κ1) is 14.2. The van der Waals surface area contributed by atoms with Gasteiger partial charge >= 0.3 is 0 Å². The van der Waals surface area contributed by atoms with Crippen molar-refractivity contribution in [2.45, 2.75) is 68.7 Å². The number of carbonyl (C=O) groups is 1. The van der Waals surface area contributed by atoms with E-state index >= 15 is 0 Å². The van der Waals surface area contributed by atoms with Crippen LogP contribution in [0.1, 0.15) is 51.4 Å². The molecule has 1 heterocycles. The molecule has 1 saturated heterocycles. The molecule has 18 heavy (non-hydrogen) atoms. The van der Waals surface area contributed by atoms with Gasteiger partial charge in [-0.05, 0) is 44.9 Å². The van der Waals surface area contributed by atoms with Crippen molar-refractivity contribution >= 4 is 17.7 Å². The maximum absolute atomic E-state index is 12.2. The molecular weight excluding hydrogens is 244 g/mol. The van der Waals surface area contributed by atoms with Gasteiger partial charge in [0.25, 0.3) is 0 Å². The van der Waals surface area contributed by atoms with Crippen molar-refractivity contribution in [2.75, 3.05) is 12.8 Å². The fraction of sp³-hybridized carbons (Fsp3) is 0.929. The number of rotatable bonds is 3. The first-order chi connectivity index (χ1) is 8.79. The number of thioether (sulfide) groups is 1. The second-order valence-corrected chi connectivity index (χ2v) is 6.72. The molecule has 3 unspecified atom stereocenters. The summed E-state index contributed by atoms with van der Waals surface area (Å²) in [6.07, 6.45) is 11.7. The Labute approximate surface area is 115 Å². The topological polar surface area (TPSA) is 41.1 Å². The van der Waals surface area contributed by atoms with Crippen LogP contribution in [0.3, 0.4) is 0 Å². The number of hydrogen-bond donors (Lipinski definition) is 2. The average Bonchev–Trinajstić information content (AvgIpc) is 2.68. The molecule has 0 spiro atoms. The minimum absolute atomic E-state index is 0.0576. The number of carbonyl (C=O) groups excluding carboxylic acids is 1. The minimum atomic E-state index is 0.0576. The van der Waals surface area contributed by atoms with E-state index in [0.29, 0.717) is 6.04 Å². The van der Waals surface area contributed by atoms with Crippen molar-refractivity contribution in [2.24, 2.45) is 0 Å². The van der Waals surface area contributed by atoms with Gasteiger partial charge in [-0.25, -0.2) is 0 Å². The third-order valence-electron chi connectivity index (χ3n) is 4.18. The van der Waals surface area contributed by atoms with Crippen LogP contribution < -0.4 is 10.6 Å². The Bertz CT molecular complexity index is 265. The van der Waals surface area contributed by atoms with Gasteiger partial charge in [0.1, 0.15) is 0 Å². The van der Waals surface area contributed by atoms with E-state index in [4.69, 9.17) is 0 Å². The second-order valence-electron chi connectivity index (χ2n) is 5.59. The molecular formula is C14H26N2OS. The van der Waals surface area contributed by atoms with Gasteiger partial charge in [-0.3, -0.25) is 4.79 Å². The zero-order valence-corrected chi connectivity index (χ0v) is 12.2. The fourth-order valence-corrected chi connectivity index (χ4v) is 3.87. The summed E-state index contributed by atoms with van der Waals surface area (Å²) in [6, 6.07) is 0.468. The van der Waals surface area contributed by atoms with E-state index in [-0.39, 0.29) is 11.9 Å². The molecule has 0 radical (unpaired) electrons. The number of hydrogen-bond acceptors (Lipinski definition) is 3. The molecule has 2 N–H and O–H groups in total. The summed E-state index contributed by atoms with van der Waals surface area (Å²) in [5.41, 5.74) is 0. The monoisotopic (exact) mass is 270 g/mol. The van der Waals surface area contributed by atoms with Gasteiger partial charge in [0.2, 0.25) is 5.91 Å². The number of nitrogens with one attached hydrogen (secondary N) is 2. The summed E-state index contributed by atoms with van der Waals surface area (Å²) >= 11 is 1.95. The maximum Gasteiger partial charge on any atom is 0.237 e. The Kier molecular flexibility index (Phi) is 5.83. The SMILES string of the molecule is CSC1CCCC(NC(=O)C2CCCCCN2)C1. The van der Waals surface area contributed by atoms with Crippen molar-refractivity contribution < 1.29 is 4.79 Å². The molecule has 1 saturated carbocycles. The van der Waals surface area contributed by atoms with Gasteiger partial charge in [-0.1, -0.05) is 19.3 Å². The molecule has 4 heteroatoms. The largest absolute Gasteiger partial charge is 0.352 e. The predicted octanol–water partition coefficient (Wildman–Crippen LogP) is 2.31. The zero-order valence-electron chi connectivity index (χ0n) is 11.4. The third kappa shape index (κ3) is 4.16. The lowest BCUT2D eigenvalue weighted by Gasteiger charge is -2.30. The molecule has 1 aliphatic carbocycles. The fourth-order valence-electron chi connectivity index (χ4n) is 3.04. The van der Waals surface area contributed by atoms with Crippen LogP contribution in [0.2, 0.25) is 0 Å². The Morgan fingerprint density at radius 3 is 2.89 bits per heavy atom. The average molecular weight is 270 g/mol. The summed E-state index contributed by atoms with van der Waals surface area (Å²) in [4.78, 5) is 12.2. The van der Waals surface area contributed by atoms with E-state index in [9.17, 15) is 4.79 Å². The summed E-state index contributed by atoms with van der Waals surface area (Å²) in [5, 5.41) is 7.39. The molecule has 2 fully saturated rings. The van der Waals surface area contributed by atoms with Gasteiger partial charge in [-0.15, -0.1) is 0 Å². The molecule has 104 valence electrons. The van der Waals surface area contributed by atoms with E-state index in [1.807, 2.05) is 11.8 Å². The highest BCUT2D eigenvalue weighted by molar-refractivity contribution is 7.99. The van der Waals surface area contributed by atoms with Crippen LogP contribution in [0.4, 0.5) is 0 Å². The van der Waals surface area contributed by atoms with Crippen LogP contribution in [-0.4, -0.2) is 36.0 Å². The molecule has 3 nitrogen and oxygen atoms in total. The quantitative estimate of drug-likeness (QED) is 0.827. The third-order valence-corrected chi connectivity index (χ3v) is 5.28. The lowest BCUT2D eigenvalue weighted by atomic mass is 9.94. The molecule has 0 aromatic heterocycles. The highest BCUT2D eigenvalue weighted by atomic mass is 32.2. The lowest BCUT2D eigenvalue weighted by Crippen LogP contribution is -2.48. The number of amides is 1. The summed E-state index contributed by atoms with van der Waals surface area (Å²) in [5.74, 6) is 0.239. The van der Waals surface area contributed by atoms with Crippen LogP contribution in [-0.2, 0) is 4.79 Å². The Balaban J connectivity index is 1.78. The molecule has 2 aliphatic rings. The van der Waals surface area contributed by atoms with Crippen molar-refractivity contribution in [1.29, 1.82) is 0 Å². The highest BCUT2D eigenvalue weighted by Gasteiger charge is 2.26. The van der Waals surface area contributed by atoms with Gasteiger partial charge < -0.3 is 10.6 Å². The lowest BCUT2D eigenvalue weighted by molar-refractivity contribution is -0.124. The zero-order chi connectivity index (χ0) is 12.8. The maximum atomic E-state index is 12.2. The molecule has 1 aliphatic heterocycles. The van der Waals surface area contributed by atoms with Gasteiger partial charge in [0.05, 0.1) is 6.04 Å². The van der Waals surface area contributed by atoms with Crippen molar-refractivity contribution in [3.05, 3.63) is 0 Å². The Morgan fingerprint density at radius 2 is 2.06 bits per heavy atom. The second kappa shape index (κ2) is 7.39.